The monoisotopic (exact) mass is 386 g/mol. The lowest BCUT2D eigenvalue weighted by Gasteiger charge is -2.22. The van der Waals surface area contributed by atoms with Gasteiger partial charge in [0, 0.05) is 33.3 Å². The predicted octanol–water partition coefficient (Wildman–Crippen LogP) is 4.83. The summed E-state index contributed by atoms with van der Waals surface area (Å²) in [6.07, 6.45) is 5.07. The molecule has 4 nitrogen and oxygen atoms in total. The van der Waals surface area contributed by atoms with Gasteiger partial charge in [-0.25, -0.2) is 4.39 Å². The summed E-state index contributed by atoms with van der Waals surface area (Å²) in [6.45, 7) is 0. The van der Waals surface area contributed by atoms with E-state index in [0.29, 0.717) is 27.4 Å². The Labute approximate surface area is 162 Å². The van der Waals surface area contributed by atoms with Crippen molar-refractivity contribution in [1.82, 2.24) is 5.32 Å². The first-order valence-electron chi connectivity index (χ1n) is 9.24. The molecule has 2 amide bonds. The van der Waals surface area contributed by atoms with Gasteiger partial charge in [0.05, 0.1) is 6.04 Å². The van der Waals surface area contributed by atoms with E-state index in [-0.39, 0.29) is 17.7 Å². The molecule has 27 heavy (non-hydrogen) atoms. The SMILES string of the molecule is O=C1NC(c2cc(F)ccc2Cl)c2c(NC(=O)C3CCCCC3)cccc21. The van der Waals surface area contributed by atoms with Crippen molar-refractivity contribution < 1.29 is 14.0 Å². The first-order valence-corrected chi connectivity index (χ1v) is 9.62. The second-order valence-corrected chi connectivity index (χ2v) is 7.57. The largest absolute Gasteiger partial charge is 0.341 e. The molecule has 2 aromatic rings. The van der Waals surface area contributed by atoms with Crippen LogP contribution in [0.5, 0.6) is 0 Å². The van der Waals surface area contributed by atoms with Crippen LogP contribution in [0, 0.1) is 11.7 Å². The molecule has 140 valence electrons. The van der Waals surface area contributed by atoms with Gasteiger partial charge in [-0.3, -0.25) is 9.59 Å². The molecule has 1 aliphatic heterocycles. The number of hydrogen-bond acceptors (Lipinski definition) is 2. The summed E-state index contributed by atoms with van der Waals surface area (Å²) in [5, 5.41) is 6.22. The molecular weight excluding hydrogens is 367 g/mol. The topological polar surface area (TPSA) is 58.2 Å². The van der Waals surface area contributed by atoms with Gasteiger partial charge >= 0.3 is 0 Å². The average molecular weight is 387 g/mol. The van der Waals surface area contributed by atoms with Gasteiger partial charge < -0.3 is 10.6 Å². The fraction of sp³-hybridized carbons (Fsp3) is 0.333. The summed E-state index contributed by atoms with van der Waals surface area (Å²) >= 11 is 6.26. The Bertz CT molecular complexity index is 909. The summed E-state index contributed by atoms with van der Waals surface area (Å²) < 4.78 is 13.8. The Morgan fingerprint density at radius 1 is 1.15 bits per heavy atom. The summed E-state index contributed by atoms with van der Waals surface area (Å²) in [5.41, 5.74) is 2.16. The minimum atomic E-state index is -0.599. The second-order valence-electron chi connectivity index (χ2n) is 7.16. The van der Waals surface area contributed by atoms with Crippen LogP contribution in [0.1, 0.15) is 59.6 Å². The van der Waals surface area contributed by atoms with Crippen molar-refractivity contribution in [3.05, 3.63) is 63.9 Å². The molecule has 1 unspecified atom stereocenters. The second kappa shape index (κ2) is 7.31. The quantitative estimate of drug-likeness (QED) is 0.793. The first kappa shape index (κ1) is 18.0. The smallest absolute Gasteiger partial charge is 0.252 e. The molecule has 1 saturated carbocycles. The Morgan fingerprint density at radius 2 is 1.93 bits per heavy atom. The Hall–Kier alpha value is -2.40. The molecule has 0 bridgehead atoms. The van der Waals surface area contributed by atoms with Crippen LogP contribution in [0.3, 0.4) is 0 Å². The average Bonchev–Trinajstić information content (AvgIpc) is 3.02. The molecule has 0 aromatic heterocycles. The number of carbonyl (C=O) groups is 2. The van der Waals surface area contributed by atoms with Gasteiger partial charge in [0.2, 0.25) is 5.91 Å². The number of anilines is 1. The first-order chi connectivity index (χ1) is 13.0. The third kappa shape index (κ3) is 3.44. The van der Waals surface area contributed by atoms with E-state index < -0.39 is 11.9 Å². The molecule has 2 aliphatic rings. The normalized spacial score (nSPS) is 19.5. The molecule has 6 heteroatoms. The van der Waals surface area contributed by atoms with Crippen LogP contribution in [-0.4, -0.2) is 11.8 Å². The van der Waals surface area contributed by atoms with Crippen molar-refractivity contribution in [2.24, 2.45) is 5.92 Å². The lowest BCUT2D eigenvalue weighted by Crippen LogP contribution is -2.26. The van der Waals surface area contributed by atoms with Crippen LogP contribution in [0.2, 0.25) is 5.02 Å². The molecule has 4 rings (SSSR count). The van der Waals surface area contributed by atoms with E-state index in [1.165, 1.54) is 24.6 Å². The third-order valence-electron chi connectivity index (χ3n) is 5.42. The summed E-state index contributed by atoms with van der Waals surface area (Å²) in [5.74, 6) is -0.715. The third-order valence-corrected chi connectivity index (χ3v) is 5.76. The molecule has 0 saturated heterocycles. The van der Waals surface area contributed by atoms with Crippen LogP contribution in [-0.2, 0) is 4.79 Å². The van der Waals surface area contributed by atoms with Crippen LogP contribution in [0.15, 0.2) is 36.4 Å². The minimum absolute atomic E-state index is 0.00382. The van der Waals surface area contributed by atoms with Crippen molar-refractivity contribution in [2.75, 3.05) is 5.32 Å². The van der Waals surface area contributed by atoms with Crippen LogP contribution in [0.4, 0.5) is 10.1 Å². The number of carbonyl (C=O) groups excluding carboxylic acids is 2. The van der Waals surface area contributed by atoms with E-state index in [1.54, 1.807) is 18.2 Å². The summed E-state index contributed by atoms with van der Waals surface area (Å²) in [4.78, 5) is 25.1. The van der Waals surface area contributed by atoms with Gasteiger partial charge in [0.1, 0.15) is 5.82 Å². The highest BCUT2D eigenvalue weighted by Gasteiger charge is 2.34. The number of nitrogens with one attached hydrogen (secondary N) is 2. The number of rotatable bonds is 3. The zero-order chi connectivity index (χ0) is 19.0. The van der Waals surface area contributed by atoms with Gasteiger partial charge in [-0.2, -0.15) is 0 Å². The zero-order valence-corrected chi connectivity index (χ0v) is 15.5. The van der Waals surface area contributed by atoms with E-state index in [0.717, 1.165) is 25.7 Å². The van der Waals surface area contributed by atoms with Crippen LogP contribution in [0.25, 0.3) is 0 Å². The molecular formula is C21H20ClFN2O2. The van der Waals surface area contributed by atoms with Gasteiger partial charge in [0.15, 0.2) is 0 Å². The van der Waals surface area contributed by atoms with E-state index in [9.17, 15) is 14.0 Å². The van der Waals surface area contributed by atoms with Gasteiger partial charge in [-0.15, -0.1) is 0 Å². The summed E-state index contributed by atoms with van der Waals surface area (Å²) in [6, 6.07) is 8.69. The van der Waals surface area contributed by atoms with Crippen molar-refractivity contribution >= 4 is 29.1 Å². The number of benzene rings is 2. The van der Waals surface area contributed by atoms with Gasteiger partial charge in [0.25, 0.3) is 5.91 Å². The Kier molecular flexibility index (Phi) is 4.87. The van der Waals surface area contributed by atoms with E-state index in [4.69, 9.17) is 11.6 Å². The van der Waals surface area contributed by atoms with Crippen LogP contribution < -0.4 is 10.6 Å². The molecule has 0 spiro atoms. The zero-order valence-electron chi connectivity index (χ0n) is 14.7. The molecule has 2 N–H and O–H groups in total. The van der Waals surface area contributed by atoms with E-state index in [2.05, 4.69) is 10.6 Å². The van der Waals surface area contributed by atoms with Crippen molar-refractivity contribution in [3.63, 3.8) is 0 Å². The summed E-state index contributed by atoms with van der Waals surface area (Å²) in [7, 11) is 0. The van der Waals surface area contributed by atoms with Gasteiger partial charge in [-0.05, 0) is 43.2 Å². The highest BCUT2D eigenvalue weighted by molar-refractivity contribution is 6.31. The van der Waals surface area contributed by atoms with Crippen molar-refractivity contribution in [2.45, 2.75) is 38.1 Å². The standard InChI is InChI=1S/C21H20ClFN2O2/c22-16-10-9-13(23)11-15(16)19-18-14(21(27)25-19)7-4-8-17(18)24-20(26)12-5-2-1-3-6-12/h4,7-12,19H,1-3,5-6H2,(H,24,26)(H,25,27). The minimum Gasteiger partial charge on any atom is -0.341 e. The fourth-order valence-electron chi connectivity index (χ4n) is 4.03. The number of fused-ring (bicyclic) bond motifs is 1. The Balaban J connectivity index is 1.70. The van der Waals surface area contributed by atoms with E-state index in [1.807, 2.05) is 0 Å². The molecule has 2 aromatic carbocycles. The number of halogens is 2. The Morgan fingerprint density at radius 3 is 2.70 bits per heavy atom. The predicted molar refractivity (Wildman–Crippen MR) is 102 cm³/mol. The highest BCUT2D eigenvalue weighted by Crippen LogP contribution is 2.39. The van der Waals surface area contributed by atoms with Crippen molar-refractivity contribution in [3.8, 4) is 0 Å². The molecule has 0 radical (unpaired) electrons. The maximum Gasteiger partial charge on any atom is 0.252 e. The molecule has 1 fully saturated rings. The number of amides is 2. The fourth-order valence-corrected chi connectivity index (χ4v) is 4.26. The lowest BCUT2D eigenvalue weighted by atomic mass is 9.88. The maximum atomic E-state index is 13.8. The maximum absolute atomic E-state index is 13.8. The van der Waals surface area contributed by atoms with Crippen LogP contribution >= 0.6 is 11.6 Å². The molecule has 1 aliphatic carbocycles. The molecule has 1 heterocycles. The number of hydrogen-bond donors (Lipinski definition) is 2. The van der Waals surface area contributed by atoms with Gasteiger partial charge in [-0.1, -0.05) is 36.9 Å². The van der Waals surface area contributed by atoms with Crippen molar-refractivity contribution in [1.29, 1.82) is 0 Å². The lowest BCUT2D eigenvalue weighted by molar-refractivity contribution is -0.120. The highest BCUT2D eigenvalue weighted by atomic mass is 35.5. The molecule has 1 atom stereocenters. The van der Waals surface area contributed by atoms with E-state index >= 15 is 0 Å².